The van der Waals surface area contributed by atoms with Crippen LogP contribution in [0.25, 0.3) is 0 Å². The predicted octanol–water partition coefficient (Wildman–Crippen LogP) is 5.46. The summed E-state index contributed by atoms with van der Waals surface area (Å²) in [6.07, 6.45) is 8.17. The zero-order valence-electron chi connectivity index (χ0n) is 11.7. The molecule has 0 aliphatic heterocycles. The fraction of sp³-hybridized carbons (Fsp3) is 0.625. The predicted molar refractivity (Wildman–Crippen MR) is 83.9 cm³/mol. The number of benzene rings is 1. The molecule has 1 aromatic rings. The zero-order valence-corrected chi connectivity index (χ0v) is 13.3. The molecule has 1 aromatic carbocycles. The van der Waals surface area contributed by atoms with Crippen molar-refractivity contribution in [3.63, 3.8) is 0 Å². The SMILES string of the molecule is CCCCCCCCN[C@H](C)c1cccc(Br)c1. The molecule has 0 heterocycles. The Bertz CT molecular complexity index is 325. The van der Waals surface area contributed by atoms with E-state index in [1.54, 1.807) is 0 Å². The second kappa shape index (κ2) is 9.57. The lowest BCUT2D eigenvalue weighted by molar-refractivity contribution is 0.527. The minimum Gasteiger partial charge on any atom is -0.310 e. The van der Waals surface area contributed by atoms with Gasteiger partial charge in [-0.3, -0.25) is 0 Å². The standard InChI is InChI=1S/C16H26BrN/c1-3-4-5-6-7-8-12-18-14(2)15-10-9-11-16(17)13-15/h9-11,13-14,18H,3-8,12H2,1-2H3/t14-/m1/s1. The van der Waals surface area contributed by atoms with E-state index in [0.717, 1.165) is 11.0 Å². The van der Waals surface area contributed by atoms with Crippen molar-refractivity contribution in [2.75, 3.05) is 6.54 Å². The third-order valence-electron chi connectivity index (χ3n) is 3.33. The van der Waals surface area contributed by atoms with Gasteiger partial charge >= 0.3 is 0 Å². The Labute approximate surface area is 120 Å². The number of nitrogens with one attached hydrogen (secondary N) is 1. The monoisotopic (exact) mass is 311 g/mol. The van der Waals surface area contributed by atoms with Crippen LogP contribution in [0.5, 0.6) is 0 Å². The summed E-state index contributed by atoms with van der Waals surface area (Å²) in [5.74, 6) is 0. The first-order valence-electron chi connectivity index (χ1n) is 7.23. The van der Waals surface area contributed by atoms with Crippen LogP contribution in [-0.4, -0.2) is 6.54 Å². The molecule has 1 nitrogen and oxygen atoms in total. The molecule has 1 rings (SSSR count). The van der Waals surface area contributed by atoms with E-state index in [2.05, 4.69) is 59.4 Å². The molecule has 0 spiro atoms. The van der Waals surface area contributed by atoms with Crippen molar-refractivity contribution in [3.05, 3.63) is 34.3 Å². The maximum atomic E-state index is 3.60. The van der Waals surface area contributed by atoms with Crippen LogP contribution in [-0.2, 0) is 0 Å². The summed E-state index contributed by atoms with van der Waals surface area (Å²) in [4.78, 5) is 0. The molecule has 1 atom stereocenters. The molecule has 18 heavy (non-hydrogen) atoms. The van der Waals surface area contributed by atoms with Gasteiger partial charge < -0.3 is 5.32 Å². The second-order valence-electron chi connectivity index (χ2n) is 5.00. The topological polar surface area (TPSA) is 12.0 Å². The van der Waals surface area contributed by atoms with E-state index in [-0.39, 0.29) is 0 Å². The Morgan fingerprint density at radius 2 is 1.83 bits per heavy atom. The molecule has 0 aliphatic rings. The molecule has 0 fully saturated rings. The van der Waals surface area contributed by atoms with E-state index >= 15 is 0 Å². The summed E-state index contributed by atoms with van der Waals surface area (Å²) in [5, 5.41) is 3.60. The highest BCUT2D eigenvalue weighted by molar-refractivity contribution is 9.10. The quantitative estimate of drug-likeness (QED) is 0.597. The molecule has 2 heteroatoms. The maximum Gasteiger partial charge on any atom is 0.0292 e. The van der Waals surface area contributed by atoms with Gasteiger partial charge in [0, 0.05) is 10.5 Å². The molecule has 0 radical (unpaired) electrons. The van der Waals surface area contributed by atoms with E-state index in [4.69, 9.17) is 0 Å². The Kier molecular flexibility index (Phi) is 8.36. The lowest BCUT2D eigenvalue weighted by atomic mass is 10.1. The Balaban J connectivity index is 2.12. The summed E-state index contributed by atoms with van der Waals surface area (Å²) in [6.45, 7) is 5.62. The molecule has 0 saturated heterocycles. The van der Waals surface area contributed by atoms with Gasteiger partial charge in [-0.2, -0.15) is 0 Å². The van der Waals surface area contributed by atoms with Gasteiger partial charge in [0.05, 0.1) is 0 Å². The Hall–Kier alpha value is -0.340. The minimum atomic E-state index is 0.443. The van der Waals surface area contributed by atoms with Crippen molar-refractivity contribution < 1.29 is 0 Å². The highest BCUT2D eigenvalue weighted by Crippen LogP contribution is 2.17. The molecule has 0 aromatic heterocycles. The molecule has 1 N–H and O–H groups in total. The molecule has 0 aliphatic carbocycles. The first-order valence-corrected chi connectivity index (χ1v) is 8.02. The fourth-order valence-electron chi connectivity index (χ4n) is 2.12. The van der Waals surface area contributed by atoms with E-state index in [9.17, 15) is 0 Å². The van der Waals surface area contributed by atoms with Gasteiger partial charge in [0.2, 0.25) is 0 Å². The number of rotatable bonds is 9. The molecule has 102 valence electrons. The van der Waals surface area contributed by atoms with Crippen LogP contribution in [0.1, 0.15) is 64.0 Å². The van der Waals surface area contributed by atoms with Gasteiger partial charge in [0.15, 0.2) is 0 Å². The molecule has 0 bridgehead atoms. The molecule has 0 unspecified atom stereocenters. The molecule has 0 saturated carbocycles. The van der Waals surface area contributed by atoms with E-state index in [0.29, 0.717) is 6.04 Å². The number of halogens is 1. The van der Waals surface area contributed by atoms with Crippen LogP contribution in [0.4, 0.5) is 0 Å². The van der Waals surface area contributed by atoms with Crippen molar-refractivity contribution in [3.8, 4) is 0 Å². The largest absolute Gasteiger partial charge is 0.310 e. The van der Waals surface area contributed by atoms with Crippen molar-refractivity contribution in [2.45, 2.75) is 58.4 Å². The average Bonchev–Trinajstić information content (AvgIpc) is 2.37. The molecular weight excluding hydrogens is 286 g/mol. The van der Waals surface area contributed by atoms with E-state index in [1.807, 2.05) is 0 Å². The second-order valence-corrected chi connectivity index (χ2v) is 5.91. The van der Waals surface area contributed by atoms with E-state index < -0.39 is 0 Å². The first kappa shape index (κ1) is 15.7. The maximum absolute atomic E-state index is 3.60. The van der Waals surface area contributed by atoms with Gasteiger partial charge in [0.1, 0.15) is 0 Å². The summed E-state index contributed by atoms with van der Waals surface area (Å²) in [5.41, 5.74) is 1.36. The Morgan fingerprint density at radius 3 is 2.56 bits per heavy atom. The van der Waals surface area contributed by atoms with Crippen molar-refractivity contribution in [2.24, 2.45) is 0 Å². The van der Waals surface area contributed by atoms with Crippen molar-refractivity contribution in [1.82, 2.24) is 5.32 Å². The van der Waals surface area contributed by atoms with E-state index in [1.165, 1.54) is 44.1 Å². The molecule has 0 amide bonds. The number of hydrogen-bond acceptors (Lipinski definition) is 1. The van der Waals surface area contributed by atoms with Crippen molar-refractivity contribution in [1.29, 1.82) is 0 Å². The van der Waals surface area contributed by atoms with Crippen LogP contribution < -0.4 is 5.32 Å². The zero-order chi connectivity index (χ0) is 13.2. The lowest BCUT2D eigenvalue weighted by Gasteiger charge is -2.14. The van der Waals surface area contributed by atoms with Gasteiger partial charge in [-0.25, -0.2) is 0 Å². The summed E-state index contributed by atoms with van der Waals surface area (Å²) < 4.78 is 1.16. The normalized spacial score (nSPS) is 12.6. The average molecular weight is 312 g/mol. The van der Waals surface area contributed by atoms with Gasteiger partial charge in [-0.15, -0.1) is 0 Å². The van der Waals surface area contributed by atoms with Crippen molar-refractivity contribution >= 4 is 15.9 Å². The van der Waals surface area contributed by atoms with Gasteiger partial charge in [-0.05, 0) is 37.6 Å². The highest BCUT2D eigenvalue weighted by atomic mass is 79.9. The van der Waals surface area contributed by atoms with Gasteiger partial charge in [0.25, 0.3) is 0 Å². The van der Waals surface area contributed by atoms with Crippen LogP contribution in [0.3, 0.4) is 0 Å². The third kappa shape index (κ3) is 6.55. The number of hydrogen-bond donors (Lipinski definition) is 1. The summed E-state index contributed by atoms with van der Waals surface area (Å²) in [7, 11) is 0. The minimum absolute atomic E-state index is 0.443. The smallest absolute Gasteiger partial charge is 0.0292 e. The summed E-state index contributed by atoms with van der Waals surface area (Å²) >= 11 is 3.52. The van der Waals surface area contributed by atoms with Crippen LogP contribution >= 0.6 is 15.9 Å². The van der Waals surface area contributed by atoms with Crippen LogP contribution in [0.15, 0.2) is 28.7 Å². The third-order valence-corrected chi connectivity index (χ3v) is 3.82. The fourth-order valence-corrected chi connectivity index (χ4v) is 2.53. The lowest BCUT2D eigenvalue weighted by Crippen LogP contribution is -2.19. The number of unbranched alkanes of at least 4 members (excludes halogenated alkanes) is 5. The van der Waals surface area contributed by atoms with Gasteiger partial charge in [-0.1, -0.05) is 67.1 Å². The first-order chi connectivity index (χ1) is 8.74. The van der Waals surface area contributed by atoms with Crippen LogP contribution in [0, 0.1) is 0 Å². The highest BCUT2D eigenvalue weighted by Gasteiger charge is 2.03. The Morgan fingerprint density at radius 1 is 1.11 bits per heavy atom. The van der Waals surface area contributed by atoms with Crippen LogP contribution in [0.2, 0.25) is 0 Å². The molecular formula is C16H26BrN. The summed E-state index contributed by atoms with van der Waals surface area (Å²) in [6, 6.07) is 8.99.